The second kappa shape index (κ2) is 4.79. The van der Waals surface area contributed by atoms with Crippen molar-refractivity contribution in [3.63, 3.8) is 0 Å². The second-order valence-electron chi connectivity index (χ2n) is 3.65. The van der Waals surface area contributed by atoms with Crippen molar-refractivity contribution in [2.75, 3.05) is 13.2 Å². The first-order valence-corrected chi connectivity index (χ1v) is 5.65. The number of halogens is 2. The van der Waals surface area contributed by atoms with E-state index >= 15 is 0 Å². The van der Waals surface area contributed by atoms with Gasteiger partial charge in [0, 0.05) is 6.54 Å². The highest BCUT2D eigenvalue weighted by atomic mass is 35.5. The molecule has 0 saturated carbocycles. The van der Waals surface area contributed by atoms with Crippen molar-refractivity contribution in [3.8, 4) is 5.75 Å². The Morgan fingerprint density at radius 3 is 2.88 bits per heavy atom. The quantitative estimate of drug-likeness (QED) is 0.874. The Balaban J connectivity index is 2.28. The first kappa shape index (κ1) is 12.0. The molecular formula is C11H12ClFN2O2. The zero-order valence-corrected chi connectivity index (χ0v) is 9.97. The van der Waals surface area contributed by atoms with Crippen molar-refractivity contribution in [3.05, 3.63) is 28.5 Å². The van der Waals surface area contributed by atoms with E-state index in [4.69, 9.17) is 16.3 Å². The van der Waals surface area contributed by atoms with Crippen molar-refractivity contribution < 1.29 is 13.9 Å². The third kappa shape index (κ3) is 2.44. The molecule has 2 amide bonds. The molecule has 1 fully saturated rings. The SMILES string of the molecule is CCOc1c(F)cc([C@@H]2CNC(=O)N2)cc1Cl. The Morgan fingerprint density at radius 1 is 1.59 bits per heavy atom. The topological polar surface area (TPSA) is 50.4 Å². The lowest BCUT2D eigenvalue weighted by Crippen LogP contribution is -2.21. The number of hydrogen-bond acceptors (Lipinski definition) is 2. The molecule has 4 nitrogen and oxygen atoms in total. The van der Waals surface area contributed by atoms with Gasteiger partial charge in [-0.2, -0.15) is 0 Å². The average Bonchev–Trinajstić information content (AvgIpc) is 2.70. The lowest BCUT2D eigenvalue weighted by molar-refractivity contribution is 0.247. The van der Waals surface area contributed by atoms with Crippen molar-refractivity contribution in [2.24, 2.45) is 0 Å². The summed E-state index contributed by atoms with van der Waals surface area (Å²) in [5.74, 6) is -0.467. The minimum atomic E-state index is -0.518. The predicted molar refractivity (Wildman–Crippen MR) is 61.9 cm³/mol. The van der Waals surface area contributed by atoms with E-state index in [-0.39, 0.29) is 22.8 Å². The van der Waals surface area contributed by atoms with E-state index in [1.54, 1.807) is 13.0 Å². The maximum Gasteiger partial charge on any atom is 0.315 e. The molecule has 17 heavy (non-hydrogen) atoms. The molecule has 1 atom stereocenters. The third-order valence-corrected chi connectivity index (χ3v) is 2.76. The molecule has 1 aliphatic rings. The van der Waals surface area contributed by atoms with Crippen LogP contribution >= 0.6 is 11.6 Å². The lowest BCUT2D eigenvalue weighted by Gasteiger charge is -2.13. The zero-order chi connectivity index (χ0) is 12.4. The van der Waals surface area contributed by atoms with E-state index in [0.29, 0.717) is 18.7 Å². The maximum atomic E-state index is 13.7. The lowest BCUT2D eigenvalue weighted by atomic mass is 10.1. The fraction of sp³-hybridized carbons (Fsp3) is 0.364. The van der Waals surface area contributed by atoms with Crippen LogP contribution in [0, 0.1) is 5.82 Å². The Kier molecular flexibility index (Phi) is 3.38. The maximum absolute atomic E-state index is 13.7. The molecule has 0 radical (unpaired) electrons. The van der Waals surface area contributed by atoms with Gasteiger partial charge in [-0.15, -0.1) is 0 Å². The van der Waals surface area contributed by atoms with Gasteiger partial charge < -0.3 is 15.4 Å². The van der Waals surface area contributed by atoms with Crippen LogP contribution < -0.4 is 15.4 Å². The van der Waals surface area contributed by atoms with Gasteiger partial charge in [-0.05, 0) is 24.6 Å². The Bertz CT molecular complexity index is 430. The fourth-order valence-corrected chi connectivity index (χ4v) is 1.99. The summed E-state index contributed by atoms with van der Waals surface area (Å²) in [6.07, 6.45) is 0. The van der Waals surface area contributed by atoms with E-state index in [1.807, 2.05) is 0 Å². The number of ether oxygens (including phenoxy) is 1. The molecule has 1 aliphatic heterocycles. The van der Waals surface area contributed by atoms with Crippen molar-refractivity contribution in [1.82, 2.24) is 10.6 Å². The number of benzene rings is 1. The normalized spacial score (nSPS) is 18.8. The molecule has 0 aliphatic carbocycles. The Labute approximate surface area is 103 Å². The summed E-state index contributed by atoms with van der Waals surface area (Å²) < 4.78 is 18.8. The van der Waals surface area contributed by atoms with Gasteiger partial charge in [0.1, 0.15) is 0 Å². The van der Waals surface area contributed by atoms with Crippen LogP contribution in [0.1, 0.15) is 18.5 Å². The monoisotopic (exact) mass is 258 g/mol. The molecule has 1 aromatic carbocycles. The highest BCUT2D eigenvalue weighted by molar-refractivity contribution is 6.32. The van der Waals surface area contributed by atoms with Crippen LogP contribution in [0.3, 0.4) is 0 Å². The number of nitrogens with one attached hydrogen (secondary N) is 2. The van der Waals surface area contributed by atoms with Gasteiger partial charge in [0.2, 0.25) is 0 Å². The van der Waals surface area contributed by atoms with Crippen LogP contribution in [0.15, 0.2) is 12.1 Å². The van der Waals surface area contributed by atoms with Gasteiger partial charge in [-0.3, -0.25) is 0 Å². The number of carbonyl (C=O) groups is 1. The standard InChI is InChI=1S/C11H12ClFN2O2/c1-2-17-10-7(12)3-6(4-8(10)13)9-5-14-11(16)15-9/h3-4,9H,2,5H2,1H3,(H2,14,15,16)/t9-/m0/s1. The van der Waals surface area contributed by atoms with Gasteiger partial charge in [-0.1, -0.05) is 11.6 Å². The largest absolute Gasteiger partial charge is 0.489 e. The van der Waals surface area contributed by atoms with E-state index in [9.17, 15) is 9.18 Å². The van der Waals surface area contributed by atoms with Gasteiger partial charge in [0.25, 0.3) is 0 Å². The summed E-state index contributed by atoms with van der Waals surface area (Å²) in [5.41, 5.74) is 0.620. The zero-order valence-electron chi connectivity index (χ0n) is 9.22. The summed E-state index contributed by atoms with van der Waals surface area (Å²) >= 11 is 5.93. The fourth-order valence-electron chi connectivity index (χ4n) is 1.72. The number of rotatable bonds is 3. The Morgan fingerprint density at radius 2 is 2.35 bits per heavy atom. The van der Waals surface area contributed by atoms with Gasteiger partial charge >= 0.3 is 6.03 Å². The number of amides is 2. The van der Waals surface area contributed by atoms with E-state index in [1.165, 1.54) is 6.07 Å². The smallest absolute Gasteiger partial charge is 0.315 e. The van der Waals surface area contributed by atoms with Crippen LogP contribution in [0.25, 0.3) is 0 Å². The van der Waals surface area contributed by atoms with E-state index < -0.39 is 5.82 Å². The van der Waals surface area contributed by atoms with E-state index in [0.717, 1.165) is 0 Å². The molecule has 2 N–H and O–H groups in total. The van der Waals surface area contributed by atoms with Crippen molar-refractivity contribution in [1.29, 1.82) is 0 Å². The van der Waals surface area contributed by atoms with Crippen LogP contribution in [0.2, 0.25) is 5.02 Å². The summed E-state index contributed by atoms with van der Waals surface area (Å²) in [5, 5.41) is 5.47. The first-order valence-electron chi connectivity index (χ1n) is 5.28. The molecule has 92 valence electrons. The summed E-state index contributed by atoms with van der Waals surface area (Å²) in [6, 6.07) is 2.41. The molecule has 1 saturated heterocycles. The average molecular weight is 259 g/mol. The van der Waals surface area contributed by atoms with Gasteiger partial charge in [0.15, 0.2) is 11.6 Å². The van der Waals surface area contributed by atoms with Crippen LogP contribution in [-0.2, 0) is 0 Å². The second-order valence-corrected chi connectivity index (χ2v) is 4.06. The molecule has 0 bridgehead atoms. The number of hydrogen-bond donors (Lipinski definition) is 2. The van der Waals surface area contributed by atoms with Crippen molar-refractivity contribution in [2.45, 2.75) is 13.0 Å². The molecule has 1 aromatic rings. The number of urea groups is 1. The highest BCUT2D eigenvalue weighted by Gasteiger charge is 2.23. The molecule has 1 heterocycles. The third-order valence-electron chi connectivity index (χ3n) is 2.48. The van der Waals surface area contributed by atoms with Crippen molar-refractivity contribution >= 4 is 17.6 Å². The van der Waals surface area contributed by atoms with Crippen LogP contribution in [0.5, 0.6) is 5.75 Å². The number of carbonyl (C=O) groups excluding carboxylic acids is 1. The van der Waals surface area contributed by atoms with E-state index in [2.05, 4.69) is 10.6 Å². The molecule has 0 aromatic heterocycles. The van der Waals surface area contributed by atoms with Crippen LogP contribution in [0.4, 0.5) is 9.18 Å². The van der Waals surface area contributed by atoms with Gasteiger partial charge in [0.05, 0.1) is 17.7 Å². The summed E-state index contributed by atoms with van der Waals surface area (Å²) in [6.45, 7) is 2.52. The molecule has 0 unspecified atom stereocenters. The summed E-state index contributed by atoms with van der Waals surface area (Å²) in [7, 11) is 0. The van der Waals surface area contributed by atoms with Crippen LogP contribution in [-0.4, -0.2) is 19.2 Å². The highest BCUT2D eigenvalue weighted by Crippen LogP contribution is 2.31. The minimum Gasteiger partial charge on any atom is -0.489 e. The first-order chi connectivity index (χ1) is 8.11. The molecule has 6 heteroatoms. The Hall–Kier alpha value is -1.49. The molecule has 2 rings (SSSR count). The van der Waals surface area contributed by atoms with Gasteiger partial charge in [-0.25, -0.2) is 9.18 Å². The molecular weight excluding hydrogens is 247 g/mol. The molecule has 0 spiro atoms. The summed E-state index contributed by atoms with van der Waals surface area (Å²) in [4.78, 5) is 11.0. The predicted octanol–water partition coefficient (Wildman–Crippen LogP) is 2.23. The minimum absolute atomic E-state index is 0.0511.